The number of β-amino-alcohol motifs (C(OH)–C–C–N with tert-alkyl or cyclic N) is 1. The summed E-state index contributed by atoms with van der Waals surface area (Å²) in [6, 6.07) is 11.1. The van der Waals surface area contributed by atoms with Gasteiger partial charge in [-0.2, -0.15) is 4.98 Å². The standard InChI is InChI=1S/C50H60N12O7S/c1-8-36-41-44(51-6)55-27-61(41)38-24-54-49(59-45(38)62(36)33-11-9-10-12-33)57-35-18-17-32(21-39(35)68-7)46(65)52-19-20-69-26-40(64)58-43(50(3,4)5)48(67)60-25-34(63)22-37(60)47(66)53-23-30-13-15-31(16-14-30)42-29(2)56-28-70-42/h13-18,21,24,27-28,33-34,36-37,43,63H,8-12,19-20,22-23,25-26H2,1-5,7H3,(H,52,65)(H,53,66)(H,58,64)(H,54,57,59)/t34-,36-,37+,43-/m1/s1. The maximum absolute atomic E-state index is 14.1. The maximum Gasteiger partial charge on any atom is 0.293 e. The van der Waals surface area contributed by atoms with Gasteiger partial charge >= 0.3 is 0 Å². The minimum atomic E-state index is -1.02. The summed E-state index contributed by atoms with van der Waals surface area (Å²) in [5, 5.41) is 22.4. The zero-order chi connectivity index (χ0) is 49.7. The molecular weight excluding hydrogens is 913 g/mol. The number of carbonyl (C=O) groups is 4. The van der Waals surface area contributed by atoms with Gasteiger partial charge in [0.2, 0.25) is 23.7 Å². The molecule has 19 nitrogen and oxygen atoms in total. The number of hydrogen-bond acceptors (Lipinski definition) is 14. The number of rotatable bonds is 17. The minimum absolute atomic E-state index is 0.00439. The predicted octanol–water partition coefficient (Wildman–Crippen LogP) is 6.17. The smallest absolute Gasteiger partial charge is 0.293 e. The van der Waals surface area contributed by atoms with E-state index in [-0.39, 0.29) is 57.3 Å². The Morgan fingerprint density at radius 2 is 1.81 bits per heavy atom. The monoisotopic (exact) mass is 972 g/mol. The third-order valence-corrected chi connectivity index (χ3v) is 14.1. The maximum atomic E-state index is 14.1. The van der Waals surface area contributed by atoms with E-state index in [1.807, 2.05) is 35.8 Å². The van der Waals surface area contributed by atoms with Crippen molar-refractivity contribution < 1.29 is 33.8 Å². The van der Waals surface area contributed by atoms with Crippen LogP contribution in [0, 0.1) is 18.9 Å². The highest BCUT2D eigenvalue weighted by molar-refractivity contribution is 7.13. The number of carbonyl (C=O) groups excluding carboxylic acids is 4. The highest BCUT2D eigenvalue weighted by Crippen LogP contribution is 2.46. The van der Waals surface area contributed by atoms with Gasteiger partial charge in [-0.15, -0.1) is 16.3 Å². The highest BCUT2D eigenvalue weighted by atomic mass is 32.1. The Labute approximate surface area is 411 Å². The number of nitrogens with zero attached hydrogens (tertiary/aromatic N) is 8. The molecule has 0 spiro atoms. The van der Waals surface area contributed by atoms with Crippen LogP contribution in [0.1, 0.15) is 99.6 Å². The number of benzene rings is 2. The summed E-state index contributed by atoms with van der Waals surface area (Å²) in [6.07, 6.45) is 7.69. The Balaban J connectivity index is 0.826. The summed E-state index contributed by atoms with van der Waals surface area (Å²) >= 11 is 1.56. The van der Waals surface area contributed by atoms with Crippen molar-refractivity contribution in [1.29, 1.82) is 0 Å². The summed E-state index contributed by atoms with van der Waals surface area (Å²) in [5.74, 6) is 0.0782. The first kappa shape index (κ1) is 49.5. The van der Waals surface area contributed by atoms with Gasteiger partial charge in [-0.1, -0.05) is 71.4 Å². The van der Waals surface area contributed by atoms with Gasteiger partial charge in [-0.05, 0) is 60.9 Å². The van der Waals surface area contributed by atoms with Crippen molar-refractivity contribution in [3.8, 4) is 21.9 Å². The summed E-state index contributed by atoms with van der Waals surface area (Å²) in [5.41, 5.74) is 6.43. The molecule has 0 unspecified atom stereocenters. The summed E-state index contributed by atoms with van der Waals surface area (Å²) in [6.45, 7) is 17.1. The molecule has 368 valence electrons. The number of anilines is 3. The van der Waals surface area contributed by atoms with Gasteiger partial charge in [0.15, 0.2) is 12.1 Å². The highest BCUT2D eigenvalue weighted by Gasteiger charge is 2.45. The number of aryl methyl sites for hydroxylation is 1. The normalized spacial score (nSPS) is 18.1. The Morgan fingerprint density at radius 1 is 1.04 bits per heavy atom. The number of methoxy groups -OCH3 is 1. The minimum Gasteiger partial charge on any atom is -0.495 e. The second-order valence-corrected chi connectivity index (χ2v) is 19.8. The Morgan fingerprint density at radius 3 is 2.50 bits per heavy atom. The number of amides is 4. The van der Waals surface area contributed by atoms with Crippen molar-refractivity contribution in [2.45, 2.75) is 110 Å². The van der Waals surface area contributed by atoms with Gasteiger partial charge in [0.1, 0.15) is 30.1 Å². The zero-order valence-electron chi connectivity index (χ0n) is 40.3. The molecule has 3 aromatic heterocycles. The number of thiazole rings is 1. The number of likely N-dealkylation sites (tertiary alicyclic amines) is 1. The summed E-state index contributed by atoms with van der Waals surface area (Å²) < 4.78 is 13.2. The molecule has 3 aliphatic rings. The fraction of sp³-hybridized carbons (Fsp3) is 0.460. The first-order valence-corrected chi connectivity index (χ1v) is 24.5. The number of hydrogen-bond donors (Lipinski definition) is 5. The average Bonchev–Trinajstić information content (AvgIpc) is 4.20. The van der Waals surface area contributed by atoms with Gasteiger partial charge in [0.05, 0.1) is 59.5 Å². The number of fused-ring (bicyclic) bond motifs is 3. The Hall–Kier alpha value is -6.95. The molecule has 4 atom stereocenters. The Bertz CT molecular complexity index is 2760. The van der Waals surface area contributed by atoms with Gasteiger partial charge < -0.3 is 50.5 Å². The number of nitrogens with one attached hydrogen (secondary N) is 4. The molecule has 1 saturated carbocycles. The summed E-state index contributed by atoms with van der Waals surface area (Å²) in [7, 11) is 1.51. The molecule has 4 amide bonds. The van der Waals surface area contributed by atoms with Crippen molar-refractivity contribution in [3.05, 3.63) is 94.4 Å². The van der Waals surface area contributed by atoms with Crippen molar-refractivity contribution in [2.75, 3.05) is 43.6 Å². The van der Waals surface area contributed by atoms with E-state index in [0.717, 1.165) is 71.0 Å². The number of ether oxygens (including phenoxy) is 2. The third-order valence-electron chi connectivity index (χ3n) is 13.1. The van der Waals surface area contributed by atoms with E-state index in [1.165, 1.54) is 12.0 Å². The Kier molecular flexibility index (Phi) is 15.1. The van der Waals surface area contributed by atoms with Gasteiger partial charge in [-0.3, -0.25) is 23.7 Å². The molecule has 20 heteroatoms. The molecule has 2 fully saturated rings. The number of aliphatic hydroxyl groups excluding tert-OH is 1. The van der Waals surface area contributed by atoms with Crippen LogP contribution in [0.2, 0.25) is 0 Å². The van der Waals surface area contributed by atoms with Gasteiger partial charge in [0, 0.05) is 37.7 Å². The van der Waals surface area contributed by atoms with Gasteiger partial charge in [0.25, 0.3) is 11.7 Å². The SMILES string of the molecule is [C-]#[N+]c1ncn2c1[C@@H](CC)N(C1CCCC1)c1nc(Nc3ccc(C(=O)NCCOCC(=O)N[C@H](C(=O)N4C[C@H](O)C[C@H]4C(=O)NCc4ccc(-c5scnc5C)cc4)C(C)(C)C)cc3OC)ncc1-2. The average molecular weight is 973 g/mol. The van der Waals surface area contributed by atoms with Crippen LogP contribution in [0.5, 0.6) is 5.75 Å². The first-order chi connectivity index (χ1) is 33.7. The topological polar surface area (TPSA) is 222 Å². The molecule has 5 heterocycles. The molecule has 8 rings (SSSR count). The number of aliphatic hydroxyl groups is 1. The number of aromatic nitrogens is 5. The van der Waals surface area contributed by atoms with Crippen LogP contribution in [-0.2, 0) is 25.7 Å². The molecule has 1 saturated heterocycles. The summed E-state index contributed by atoms with van der Waals surface area (Å²) in [4.78, 5) is 80.9. The molecule has 2 aliphatic heterocycles. The van der Waals surface area contributed by atoms with Crippen LogP contribution in [0.15, 0.2) is 60.5 Å². The fourth-order valence-corrected chi connectivity index (χ4v) is 10.4. The van der Waals surface area contributed by atoms with Crippen molar-refractivity contribution in [3.63, 3.8) is 0 Å². The molecular formula is C50H60N12O7S. The first-order valence-electron chi connectivity index (χ1n) is 23.6. The molecule has 2 aromatic carbocycles. The van der Waals surface area contributed by atoms with E-state index >= 15 is 0 Å². The van der Waals surface area contributed by atoms with Crippen molar-refractivity contribution in [2.24, 2.45) is 5.41 Å². The van der Waals surface area contributed by atoms with E-state index in [9.17, 15) is 24.3 Å². The molecule has 0 bridgehead atoms. The number of imidazole rings is 1. The van der Waals surface area contributed by atoms with E-state index < -0.39 is 41.3 Å². The van der Waals surface area contributed by atoms with E-state index in [1.54, 1.807) is 68.3 Å². The lowest BCUT2D eigenvalue weighted by Crippen LogP contribution is -2.58. The molecule has 5 aromatic rings. The third kappa shape index (κ3) is 10.6. The fourth-order valence-electron chi connectivity index (χ4n) is 9.54. The van der Waals surface area contributed by atoms with Crippen LogP contribution >= 0.6 is 11.3 Å². The molecule has 70 heavy (non-hydrogen) atoms. The van der Waals surface area contributed by atoms with Crippen molar-refractivity contribution >= 4 is 58.2 Å². The lowest BCUT2D eigenvalue weighted by molar-refractivity contribution is -0.144. The second-order valence-electron chi connectivity index (χ2n) is 18.9. The van der Waals surface area contributed by atoms with E-state index in [2.05, 4.69) is 52.9 Å². The van der Waals surface area contributed by atoms with Crippen LogP contribution in [0.4, 0.5) is 23.3 Å². The molecule has 5 N–H and O–H groups in total. The van der Waals surface area contributed by atoms with Crippen LogP contribution in [-0.4, -0.2) is 116 Å². The quantitative estimate of drug-likeness (QED) is 0.0521. The largest absolute Gasteiger partial charge is 0.495 e. The lowest BCUT2D eigenvalue weighted by atomic mass is 9.85. The van der Waals surface area contributed by atoms with Crippen LogP contribution in [0.3, 0.4) is 0 Å². The van der Waals surface area contributed by atoms with E-state index in [4.69, 9.17) is 21.0 Å². The van der Waals surface area contributed by atoms with Gasteiger partial charge in [-0.25, -0.2) is 9.97 Å². The van der Waals surface area contributed by atoms with Crippen LogP contribution < -0.4 is 30.9 Å². The molecule has 0 radical (unpaired) electrons. The zero-order valence-corrected chi connectivity index (χ0v) is 41.1. The lowest BCUT2D eigenvalue weighted by Gasteiger charge is -2.42. The predicted molar refractivity (Wildman–Crippen MR) is 264 cm³/mol. The van der Waals surface area contributed by atoms with Crippen molar-refractivity contribution in [1.82, 2.24) is 45.4 Å². The van der Waals surface area contributed by atoms with Crippen LogP contribution in [0.25, 0.3) is 21.0 Å². The second kappa shape index (κ2) is 21.4. The van der Waals surface area contributed by atoms with E-state index in [0.29, 0.717) is 28.8 Å². The molecule has 1 aliphatic carbocycles.